The molecular formula is C57H95N9O13. The van der Waals surface area contributed by atoms with Crippen molar-refractivity contribution in [2.45, 2.75) is 189 Å². The highest BCUT2D eigenvalue weighted by Gasteiger charge is 2.44. The number of hydroxylamine groups is 1. The fraction of sp³-hybridized carbons (Fsp3) is 0.702. The van der Waals surface area contributed by atoms with E-state index in [1.165, 1.54) is 21.1 Å². The minimum atomic E-state index is -1.07. The summed E-state index contributed by atoms with van der Waals surface area (Å²) < 4.78 is 12.0. The Morgan fingerprint density at radius 2 is 1.37 bits per heavy atom. The van der Waals surface area contributed by atoms with Crippen LogP contribution in [0.2, 0.25) is 0 Å². The Hall–Kier alpha value is -5.97. The Bertz CT molecular complexity index is 2200. The van der Waals surface area contributed by atoms with Crippen molar-refractivity contribution in [3.8, 4) is 0 Å². The van der Waals surface area contributed by atoms with Crippen LogP contribution in [0.5, 0.6) is 0 Å². The topological polar surface area (TPSA) is 283 Å². The van der Waals surface area contributed by atoms with Crippen molar-refractivity contribution in [1.82, 2.24) is 41.4 Å². The maximum Gasteiger partial charge on any atom is 0.303 e. The van der Waals surface area contributed by atoms with Crippen molar-refractivity contribution in [3.63, 3.8) is 0 Å². The lowest BCUT2D eigenvalue weighted by Gasteiger charge is -2.41. The first kappa shape index (κ1) is 69.1. The molecule has 0 radical (unpaired) electrons. The lowest BCUT2D eigenvalue weighted by Crippen LogP contribution is -2.59. The number of carbonyl (C=O) groups excluding carboxylic acids is 8. The molecule has 7 N–H and O–H groups in total. The molecule has 0 saturated carbocycles. The van der Waals surface area contributed by atoms with Gasteiger partial charge in [0, 0.05) is 46.3 Å². The fourth-order valence-corrected chi connectivity index (χ4v) is 10.0. The van der Waals surface area contributed by atoms with Crippen molar-refractivity contribution in [2.75, 3.05) is 47.2 Å². The molecule has 79 heavy (non-hydrogen) atoms. The van der Waals surface area contributed by atoms with Gasteiger partial charge in [0.05, 0.1) is 49.3 Å². The number of nitrogens with one attached hydrogen (secondary N) is 6. The van der Waals surface area contributed by atoms with Gasteiger partial charge in [-0.1, -0.05) is 86.4 Å². The van der Waals surface area contributed by atoms with Crippen LogP contribution in [0, 0.1) is 29.6 Å². The Balaban J connectivity index is 2.11. The van der Waals surface area contributed by atoms with E-state index in [4.69, 9.17) is 19.4 Å². The molecule has 22 nitrogen and oxygen atoms in total. The van der Waals surface area contributed by atoms with Crippen molar-refractivity contribution in [2.24, 2.45) is 29.6 Å². The zero-order chi connectivity index (χ0) is 60.0. The number of anilines is 1. The van der Waals surface area contributed by atoms with Crippen molar-refractivity contribution < 1.29 is 62.6 Å². The third kappa shape index (κ3) is 21.6. The molecule has 1 saturated heterocycles. The van der Waals surface area contributed by atoms with Crippen LogP contribution in [0.3, 0.4) is 0 Å². The van der Waals surface area contributed by atoms with Gasteiger partial charge in [-0.15, -0.1) is 6.58 Å². The Kier molecular flexibility index (Phi) is 29.4. The number of carboxylic acid groups (broad SMARTS) is 1. The van der Waals surface area contributed by atoms with Crippen LogP contribution in [0.25, 0.3) is 0 Å². The fourth-order valence-electron chi connectivity index (χ4n) is 10.0. The molecule has 0 aromatic heterocycles. The highest BCUT2D eigenvalue weighted by atomic mass is 16.7. The molecule has 1 heterocycles. The Morgan fingerprint density at radius 3 is 1.89 bits per heavy atom. The van der Waals surface area contributed by atoms with E-state index in [9.17, 15) is 43.2 Å². The third-order valence-electron chi connectivity index (χ3n) is 14.6. The molecule has 1 aromatic rings. The largest absolute Gasteiger partial charge is 0.481 e. The van der Waals surface area contributed by atoms with Crippen LogP contribution in [-0.4, -0.2) is 169 Å². The average molecular weight is 1110 g/mol. The molecule has 11 atom stereocenters. The second-order valence-corrected chi connectivity index (χ2v) is 22.4. The van der Waals surface area contributed by atoms with Crippen molar-refractivity contribution in [1.29, 1.82) is 0 Å². The van der Waals surface area contributed by atoms with Crippen LogP contribution in [-0.2, 0) is 64.1 Å². The summed E-state index contributed by atoms with van der Waals surface area (Å²) in [5, 5.41) is 22.7. The van der Waals surface area contributed by atoms with Crippen molar-refractivity contribution in [3.05, 3.63) is 42.0 Å². The zero-order valence-corrected chi connectivity index (χ0v) is 49.9. The zero-order valence-electron chi connectivity index (χ0n) is 49.9. The average Bonchev–Trinajstić information content (AvgIpc) is 3.88. The van der Waals surface area contributed by atoms with Gasteiger partial charge in [0.25, 0.3) is 5.91 Å². The summed E-state index contributed by atoms with van der Waals surface area (Å²) in [5.74, 6) is -5.89. The minimum absolute atomic E-state index is 0.00379. The van der Waals surface area contributed by atoms with E-state index in [-0.39, 0.29) is 80.1 Å². The van der Waals surface area contributed by atoms with E-state index in [2.05, 4.69) is 38.6 Å². The Morgan fingerprint density at radius 1 is 0.747 bits per heavy atom. The highest BCUT2D eigenvalue weighted by Crippen LogP contribution is 2.30. The van der Waals surface area contributed by atoms with E-state index in [0.29, 0.717) is 42.6 Å². The summed E-state index contributed by atoms with van der Waals surface area (Å²) >= 11 is 0. The number of aliphatic carboxylic acids is 1. The molecule has 1 aliphatic heterocycles. The van der Waals surface area contributed by atoms with Crippen molar-refractivity contribution >= 4 is 58.9 Å². The molecule has 1 aromatic carbocycles. The lowest BCUT2D eigenvalue weighted by atomic mass is 9.89. The Labute approximate surface area is 468 Å². The number of hydrogen-bond acceptors (Lipinski definition) is 13. The number of amides is 8. The van der Waals surface area contributed by atoms with E-state index < -0.39 is 95.9 Å². The number of carbonyl (C=O) groups is 9. The first-order valence-electron chi connectivity index (χ1n) is 27.7. The number of ether oxygens (including phenoxy) is 2. The number of benzene rings is 1. The molecule has 1 aliphatic rings. The van der Waals surface area contributed by atoms with Crippen LogP contribution >= 0.6 is 0 Å². The lowest BCUT2D eigenvalue weighted by molar-refractivity contribution is -0.148. The van der Waals surface area contributed by atoms with Gasteiger partial charge in [-0.05, 0) is 95.0 Å². The molecule has 2 rings (SSSR count). The first-order chi connectivity index (χ1) is 37.0. The van der Waals surface area contributed by atoms with Gasteiger partial charge in [0.2, 0.25) is 41.4 Å². The number of methoxy groups -OCH3 is 2. The third-order valence-corrected chi connectivity index (χ3v) is 14.6. The van der Waals surface area contributed by atoms with Gasteiger partial charge in [-0.3, -0.25) is 52.9 Å². The molecule has 1 fully saturated rings. The van der Waals surface area contributed by atoms with Crippen LogP contribution < -0.4 is 32.1 Å². The highest BCUT2D eigenvalue weighted by molar-refractivity contribution is 5.98. The monoisotopic (exact) mass is 1110 g/mol. The van der Waals surface area contributed by atoms with E-state index in [0.717, 1.165) is 0 Å². The smallest absolute Gasteiger partial charge is 0.303 e. The summed E-state index contributed by atoms with van der Waals surface area (Å²) in [6.45, 7) is 24.4. The number of carboxylic acids is 1. The standard InChI is InChI=1S/C57H95N9O13/c1-18-36(10)50(65(15)57(76)48(34(6)7)62-56(75)49(35(8)9)64(13)14)43(77-16)30-45(68)66-28-20-21-42(66)51(78-17)37(11)52(71)60-41(29-32(2)3)54(73)63-79-31-39-24-26-40(27-25-39)59-53(72)38(12)58-55(74)47(33(4)5)61-44(67)22-19-23-46(69)70/h24-27,33-38,41-43,47-51H,2,18-23,28-31H2,1,3-17H3,(H,58,74)(H,59,72)(H,60,71)(H,61,67)(H,62,75)(H,63,73)(H,69,70)/t36-,37+,38+,41-,42-,43+,47+,48-,49-,50-,51+/m0/s1. The molecular weight excluding hydrogens is 1020 g/mol. The molecule has 22 heteroatoms. The maximum absolute atomic E-state index is 14.4. The van der Waals surface area contributed by atoms with Crippen LogP contribution in [0.1, 0.15) is 133 Å². The van der Waals surface area contributed by atoms with Gasteiger partial charge >= 0.3 is 5.97 Å². The van der Waals surface area contributed by atoms with Gasteiger partial charge < -0.3 is 51.0 Å². The van der Waals surface area contributed by atoms with E-state index in [1.54, 1.807) is 68.8 Å². The van der Waals surface area contributed by atoms with Crippen LogP contribution in [0.15, 0.2) is 36.4 Å². The minimum Gasteiger partial charge on any atom is -0.481 e. The number of hydrogen-bond donors (Lipinski definition) is 7. The SMILES string of the molecule is C=C(C)C[C@H](NC(=O)[C@H](C)[C@@H](OC)[C@@H]1CCCN1C(=O)C[C@@H](OC)[C@H]([C@@H](C)CC)N(C)C(=O)[C@@H](NC(=O)[C@H](C(C)C)N(C)C)C(C)C)C(=O)NOCc1ccc(NC(=O)[C@@H](C)NC(=O)[C@H](NC(=O)CCCC(=O)O)C(C)C)cc1. The molecule has 0 aliphatic carbocycles. The number of likely N-dealkylation sites (N-methyl/N-ethyl adjacent to an activating group) is 2. The van der Waals surface area contributed by atoms with Gasteiger partial charge in [-0.25, -0.2) is 5.48 Å². The summed E-state index contributed by atoms with van der Waals surface area (Å²) in [6, 6.07) is 1.28. The molecule has 0 bridgehead atoms. The predicted octanol–water partition coefficient (Wildman–Crippen LogP) is 4.17. The van der Waals surface area contributed by atoms with E-state index >= 15 is 0 Å². The molecule has 8 amide bonds. The molecule has 0 spiro atoms. The van der Waals surface area contributed by atoms with E-state index in [1.807, 2.05) is 60.5 Å². The summed E-state index contributed by atoms with van der Waals surface area (Å²) in [5.41, 5.74) is 4.08. The number of rotatable bonds is 34. The summed E-state index contributed by atoms with van der Waals surface area (Å²) in [6.07, 6.45) is 0.365. The number of nitrogens with zero attached hydrogens (tertiary/aromatic N) is 3. The summed E-state index contributed by atoms with van der Waals surface area (Å²) in [7, 11) is 8.37. The number of likely N-dealkylation sites (tertiary alicyclic amines) is 1. The first-order valence-corrected chi connectivity index (χ1v) is 27.7. The molecule has 446 valence electrons. The predicted molar refractivity (Wildman–Crippen MR) is 300 cm³/mol. The second-order valence-electron chi connectivity index (χ2n) is 22.4. The van der Waals surface area contributed by atoms with Gasteiger partial charge in [-0.2, -0.15) is 0 Å². The second kappa shape index (κ2) is 33.6. The van der Waals surface area contributed by atoms with Gasteiger partial charge in [0.15, 0.2) is 0 Å². The maximum atomic E-state index is 14.4. The quantitative estimate of drug-likeness (QED) is 0.0377. The molecule has 0 unspecified atom stereocenters. The van der Waals surface area contributed by atoms with Crippen LogP contribution in [0.4, 0.5) is 5.69 Å². The summed E-state index contributed by atoms with van der Waals surface area (Å²) in [4.78, 5) is 130. The van der Waals surface area contributed by atoms with Gasteiger partial charge in [0.1, 0.15) is 24.2 Å². The normalized spacial score (nSPS) is 17.3.